The van der Waals surface area contributed by atoms with Gasteiger partial charge < -0.3 is 20.2 Å². The van der Waals surface area contributed by atoms with Crippen LogP contribution in [0.15, 0.2) is 0 Å². The summed E-state index contributed by atoms with van der Waals surface area (Å²) in [5.74, 6) is 0.888. The molecule has 0 aliphatic carbocycles. The van der Waals surface area contributed by atoms with E-state index in [0.29, 0.717) is 25.6 Å². The molecule has 0 rings (SSSR count). The highest BCUT2D eigenvalue weighted by Gasteiger charge is 2.23. The highest BCUT2D eigenvalue weighted by Crippen LogP contribution is 2.20. The summed E-state index contributed by atoms with van der Waals surface area (Å²) in [5, 5.41) is 33.5. The number of hydrogen-bond donors (Lipinski definition) is 3. The zero-order chi connectivity index (χ0) is 38.0. The third kappa shape index (κ3) is 31.8. The Labute approximate surface area is 321 Å². The lowest BCUT2D eigenvalue weighted by atomic mass is 9.94. The molecule has 3 N–H and O–H groups in total. The van der Waals surface area contributed by atoms with Crippen molar-refractivity contribution >= 4 is 0 Å². The lowest BCUT2D eigenvalue weighted by Crippen LogP contribution is -2.43. The summed E-state index contributed by atoms with van der Waals surface area (Å²) in [7, 11) is 2.14. The number of hydrogen-bond acceptors (Lipinski definition) is 5. The monoisotopic (exact) mass is 725 g/mol. The lowest BCUT2D eigenvalue weighted by molar-refractivity contribution is 0.0232. The second-order valence-corrected chi connectivity index (χ2v) is 17.3. The Morgan fingerprint density at radius 3 is 0.941 bits per heavy atom. The van der Waals surface area contributed by atoms with Crippen LogP contribution < -0.4 is 0 Å². The maximum absolute atomic E-state index is 11.3. The molecule has 6 atom stereocenters. The molecule has 0 aromatic rings. The van der Waals surface area contributed by atoms with Crippen molar-refractivity contribution in [2.24, 2.45) is 17.8 Å². The number of nitrogens with zero attached hydrogens (tertiary/aromatic N) is 2. The van der Waals surface area contributed by atoms with Crippen molar-refractivity contribution in [2.75, 3.05) is 39.8 Å². The van der Waals surface area contributed by atoms with Gasteiger partial charge in [-0.3, -0.25) is 4.90 Å². The lowest BCUT2D eigenvalue weighted by Gasteiger charge is -2.32. The van der Waals surface area contributed by atoms with E-state index in [0.717, 1.165) is 38.8 Å². The van der Waals surface area contributed by atoms with E-state index < -0.39 is 0 Å². The van der Waals surface area contributed by atoms with E-state index in [-0.39, 0.29) is 30.1 Å². The van der Waals surface area contributed by atoms with Crippen molar-refractivity contribution in [1.82, 2.24) is 9.80 Å². The minimum atomic E-state index is -0.360. The molecule has 0 aromatic carbocycles. The first-order valence-electron chi connectivity index (χ1n) is 23.1. The second kappa shape index (κ2) is 36.8. The van der Waals surface area contributed by atoms with Gasteiger partial charge in [0, 0.05) is 19.6 Å². The Bertz CT molecular complexity index is 659. The van der Waals surface area contributed by atoms with Crippen LogP contribution in [0.1, 0.15) is 221 Å². The van der Waals surface area contributed by atoms with Gasteiger partial charge in [-0.25, -0.2) is 0 Å². The molecule has 0 aliphatic heterocycles. The minimum Gasteiger partial charge on any atom is -0.392 e. The first-order valence-corrected chi connectivity index (χ1v) is 23.1. The van der Waals surface area contributed by atoms with Crippen molar-refractivity contribution in [3.8, 4) is 0 Å². The summed E-state index contributed by atoms with van der Waals surface area (Å²) < 4.78 is 0. The quantitative estimate of drug-likeness (QED) is 0.0549. The van der Waals surface area contributed by atoms with Gasteiger partial charge in [-0.05, 0) is 63.6 Å². The van der Waals surface area contributed by atoms with Crippen LogP contribution in [0.25, 0.3) is 0 Å². The maximum Gasteiger partial charge on any atom is 0.0692 e. The molecule has 51 heavy (non-hydrogen) atoms. The number of aliphatic hydroxyl groups is 3. The molecule has 5 heteroatoms. The van der Waals surface area contributed by atoms with Crippen LogP contribution in [-0.2, 0) is 0 Å². The van der Waals surface area contributed by atoms with E-state index in [1.807, 2.05) is 0 Å². The number of likely N-dealkylation sites (N-methyl/N-ethyl adjacent to an activating group) is 1. The van der Waals surface area contributed by atoms with Crippen molar-refractivity contribution < 1.29 is 15.3 Å². The summed E-state index contributed by atoms with van der Waals surface area (Å²) in [5.41, 5.74) is 0. The van der Waals surface area contributed by atoms with E-state index in [2.05, 4.69) is 58.4 Å². The van der Waals surface area contributed by atoms with Gasteiger partial charge >= 0.3 is 0 Å². The smallest absolute Gasteiger partial charge is 0.0692 e. The van der Waals surface area contributed by atoms with Crippen LogP contribution in [0.5, 0.6) is 0 Å². The standard InChI is InChI=1S/C46H96N2O3/c1-8-11-14-17-20-23-26-29-33-41(4)44(49)38-47(7)36-32-37-48(39-45(50)42(5)34-30-27-24-21-18-15-12-9-2)40-46(51)43(6)35-31-28-25-22-19-16-13-10-3/h41-46,49-51H,8-40H2,1-7H3. The summed E-state index contributed by atoms with van der Waals surface area (Å²) in [4.78, 5) is 4.63. The van der Waals surface area contributed by atoms with Crippen LogP contribution in [-0.4, -0.2) is 83.2 Å². The molecule has 6 unspecified atom stereocenters. The average Bonchev–Trinajstić information content (AvgIpc) is 3.11. The van der Waals surface area contributed by atoms with Crippen molar-refractivity contribution in [1.29, 1.82) is 0 Å². The molecule has 308 valence electrons. The molecule has 0 aliphatic rings. The van der Waals surface area contributed by atoms with Crippen molar-refractivity contribution in [3.05, 3.63) is 0 Å². The number of rotatable bonds is 40. The Morgan fingerprint density at radius 2 is 0.627 bits per heavy atom. The maximum atomic E-state index is 11.3. The summed E-state index contributed by atoms with van der Waals surface area (Å²) >= 11 is 0. The summed E-state index contributed by atoms with van der Waals surface area (Å²) in [6.07, 6.45) is 35.0. The normalized spacial score (nSPS) is 15.8. The van der Waals surface area contributed by atoms with Gasteiger partial charge in [0.15, 0.2) is 0 Å². The Hall–Kier alpha value is -0.200. The van der Waals surface area contributed by atoms with Gasteiger partial charge in [-0.1, -0.05) is 196 Å². The van der Waals surface area contributed by atoms with Gasteiger partial charge in [0.2, 0.25) is 0 Å². The molecular weight excluding hydrogens is 629 g/mol. The van der Waals surface area contributed by atoms with E-state index in [4.69, 9.17) is 0 Å². The highest BCUT2D eigenvalue weighted by atomic mass is 16.3. The van der Waals surface area contributed by atoms with Gasteiger partial charge in [0.05, 0.1) is 18.3 Å². The zero-order valence-electron chi connectivity index (χ0n) is 36.0. The largest absolute Gasteiger partial charge is 0.392 e. The molecule has 0 bridgehead atoms. The molecule has 0 spiro atoms. The van der Waals surface area contributed by atoms with Crippen LogP contribution >= 0.6 is 0 Å². The van der Waals surface area contributed by atoms with Crippen LogP contribution in [0, 0.1) is 17.8 Å². The van der Waals surface area contributed by atoms with E-state index in [1.54, 1.807) is 0 Å². The molecule has 0 amide bonds. The third-order valence-electron chi connectivity index (χ3n) is 11.9. The third-order valence-corrected chi connectivity index (χ3v) is 11.9. The predicted molar refractivity (Wildman–Crippen MR) is 226 cm³/mol. The Balaban J connectivity index is 4.76. The molecule has 0 fully saturated rings. The molecule has 0 saturated heterocycles. The second-order valence-electron chi connectivity index (χ2n) is 17.3. The molecular formula is C46H96N2O3. The van der Waals surface area contributed by atoms with Crippen molar-refractivity contribution in [3.63, 3.8) is 0 Å². The van der Waals surface area contributed by atoms with E-state index >= 15 is 0 Å². The number of aliphatic hydroxyl groups excluding tert-OH is 3. The molecule has 0 saturated carbocycles. The molecule has 0 heterocycles. The average molecular weight is 725 g/mol. The topological polar surface area (TPSA) is 67.2 Å². The summed E-state index contributed by atoms with van der Waals surface area (Å²) in [6, 6.07) is 0. The Kier molecular flexibility index (Phi) is 36.6. The first-order chi connectivity index (χ1) is 24.7. The predicted octanol–water partition coefficient (Wildman–Crippen LogP) is 12.2. The van der Waals surface area contributed by atoms with Crippen LogP contribution in [0.4, 0.5) is 0 Å². The molecule has 5 nitrogen and oxygen atoms in total. The van der Waals surface area contributed by atoms with Gasteiger partial charge in [0.1, 0.15) is 0 Å². The SMILES string of the molecule is CCCCCCCCCCC(C)C(O)CN(C)CCCN(CC(O)C(C)CCCCCCCCCC)CC(O)C(C)CCCCCCCCCC. The van der Waals surface area contributed by atoms with Crippen molar-refractivity contribution in [2.45, 2.75) is 240 Å². The fraction of sp³-hybridized carbons (Fsp3) is 1.00. The van der Waals surface area contributed by atoms with E-state index in [1.165, 1.54) is 154 Å². The zero-order valence-corrected chi connectivity index (χ0v) is 36.0. The van der Waals surface area contributed by atoms with Crippen LogP contribution in [0.3, 0.4) is 0 Å². The molecule has 0 aromatic heterocycles. The number of unbranched alkanes of at least 4 members (excludes halogenated alkanes) is 21. The van der Waals surface area contributed by atoms with E-state index in [9.17, 15) is 15.3 Å². The summed E-state index contributed by atoms with van der Waals surface area (Å²) in [6.45, 7) is 17.3. The van der Waals surface area contributed by atoms with Gasteiger partial charge in [-0.2, -0.15) is 0 Å². The fourth-order valence-electron chi connectivity index (χ4n) is 7.68. The highest BCUT2D eigenvalue weighted by molar-refractivity contribution is 4.76. The van der Waals surface area contributed by atoms with Gasteiger partial charge in [-0.15, -0.1) is 0 Å². The minimum absolute atomic E-state index is 0.278. The Morgan fingerprint density at radius 1 is 0.353 bits per heavy atom. The van der Waals surface area contributed by atoms with Crippen LogP contribution in [0.2, 0.25) is 0 Å². The fourth-order valence-corrected chi connectivity index (χ4v) is 7.68. The first kappa shape index (κ1) is 50.8. The molecule has 0 radical (unpaired) electrons. The van der Waals surface area contributed by atoms with Gasteiger partial charge in [0.25, 0.3) is 0 Å².